The molecule has 4 rings (SSSR count). The van der Waals surface area contributed by atoms with Gasteiger partial charge < -0.3 is 5.32 Å². The molecule has 0 atom stereocenters. The standard InChI is InChI=1S/C11H14BrN.C10H12BrN.CH3I/c1-13(10-6-7-10)8-9-4-2-3-5-11(9)12;11-10-4-2-1-3-8(10)7-12-9-5-6-9;1-2/h2-5,10H,6-8H2,1H3;1-4,9,12H,5-7H2;1H3. The summed E-state index contributed by atoms with van der Waals surface area (Å²) in [5.41, 5.74) is 2.74. The Morgan fingerprint density at radius 3 is 1.89 bits per heavy atom. The number of hydrogen-bond acceptors (Lipinski definition) is 2. The third-order valence-corrected chi connectivity index (χ3v) is 6.21. The van der Waals surface area contributed by atoms with E-state index < -0.39 is 0 Å². The molecule has 2 fully saturated rings. The molecule has 0 radical (unpaired) electrons. The lowest BCUT2D eigenvalue weighted by molar-refractivity contribution is 0.316. The minimum atomic E-state index is 0.789. The molecule has 0 amide bonds. The van der Waals surface area contributed by atoms with Crippen LogP contribution in [0.1, 0.15) is 36.8 Å². The molecule has 0 bridgehead atoms. The van der Waals surface area contributed by atoms with Crippen LogP contribution in [0.25, 0.3) is 0 Å². The molecule has 2 aromatic rings. The number of benzene rings is 2. The summed E-state index contributed by atoms with van der Waals surface area (Å²) in [6.07, 6.45) is 5.46. The van der Waals surface area contributed by atoms with Crippen LogP contribution in [-0.4, -0.2) is 29.0 Å². The van der Waals surface area contributed by atoms with Crippen LogP contribution < -0.4 is 5.32 Å². The highest BCUT2D eigenvalue weighted by atomic mass is 127. The van der Waals surface area contributed by atoms with Gasteiger partial charge in [-0.2, -0.15) is 0 Å². The zero-order valence-corrected chi connectivity index (χ0v) is 21.4. The van der Waals surface area contributed by atoms with E-state index in [1.54, 1.807) is 0 Å². The molecule has 2 nitrogen and oxygen atoms in total. The smallest absolute Gasteiger partial charge is 0.0244 e. The Morgan fingerprint density at radius 1 is 0.889 bits per heavy atom. The molecule has 2 aliphatic carbocycles. The maximum absolute atomic E-state index is 3.57. The Morgan fingerprint density at radius 2 is 1.41 bits per heavy atom. The summed E-state index contributed by atoms with van der Waals surface area (Å²) in [6.45, 7) is 2.05. The number of alkyl halides is 1. The molecule has 0 saturated heterocycles. The summed E-state index contributed by atoms with van der Waals surface area (Å²) in [6, 6.07) is 18.4. The van der Waals surface area contributed by atoms with Crippen LogP contribution >= 0.6 is 54.5 Å². The lowest BCUT2D eigenvalue weighted by atomic mass is 10.2. The van der Waals surface area contributed by atoms with Crippen molar-refractivity contribution >= 4 is 54.5 Å². The monoisotopic (exact) mass is 606 g/mol. The maximum atomic E-state index is 3.57. The van der Waals surface area contributed by atoms with Gasteiger partial charge in [-0.3, -0.25) is 4.90 Å². The highest BCUT2D eigenvalue weighted by Gasteiger charge is 2.26. The summed E-state index contributed by atoms with van der Waals surface area (Å²) in [7, 11) is 2.21. The van der Waals surface area contributed by atoms with Crippen molar-refractivity contribution < 1.29 is 0 Å². The third-order valence-electron chi connectivity index (χ3n) is 4.66. The molecule has 0 unspecified atom stereocenters. The predicted octanol–water partition coefficient (Wildman–Crippen LogP) is 6.80. The Kier molecular flexibility index (Phi) is 10.9. The lowest BCUT2D eigenvalue weighted by Crippen LogP contribution is -2.20. The van der Waals surface area contributed by atoms with Gasteiger partial charge in [-0.05, 0) is 60.9 Å². The highest BCUT2D eigenvalue weighted by molar-refractivity contribution is 14.1. The zero-order valence-electron chi connectivity index (χ0n) is 16.1. The van der Waals surface area contributed by atoms with Crippen molar-refractivity contribution in [1.29, 1.82) is 0 Å². The van der Waals surface area contributed by atoms with Gasteiger partial charge >= 0.3 is 0 Å². The van der Waals surface area contributed by atoms with E-state index in [2.05, 4.69) is 114 Å². The number of hydrogen-bond donors (Lipinski definition) is 1. The summed E-state index contributed by atoms with van der Waals surface area (Å²) < 4.78 is 2.43. The molecule has 148 valence electrons. The third kappa shape index (κ3) is 8.94. The summed E-state index contributed by atoms with van der Waals surface area (Å²) >= 11 is 9.24. The highest BCUT2D eigenvalue weighted by Crippen LogP contribution is 2.28. The first-order chi connectivity index (χ1) is 13.1. The lowest BCUT2D eigenvalue weighted by Gasteiger charge is -2.16. The zero-order chi connectivity index (χ0) is 19.6. The van der Waals surface area contributed by atoms with Crippen molar-refractivity contribution in [3.05, 3.63) is 68.6 Å². The predicted molar refractivity (Wildman–Crippen MR) is 133 cm³/mol. The van der Waals surface area contributed by atoms with Gasteiger partial charge in [0.25, 0.3) is 0 Å². The van der Waals surface area contributed by atoms with Gasteiger partial charge in [0.15, 0.2) is 0 Å². The van der Waals surface area contributed by atoms with Crippen LogP contribution in [0.5, 0.6) is 0 Å². The molecule has 1 N–H and O–H groups in total. The van der Waals surface area contributed by atoms with E-state index in [0.717, 1.165) is 25.2 Å². The van der Waals surface area contributed by atoms with Gasteiger partial charge in [0.2, 0.25) is 0 Å². The fraction of sp³-hybridized carbons (Fsp3) is 0.455. The minimum absolute atomic E-state index is 0.789. The van der Waals surface area contributed by atoms with E-state index >= 15 is 0 Å². The average Bonchev–Trinajstić information content (AvgIpc) is 3.59. The molecule has 2 saturated carbocycles. The Bertz CT molecular complexity index is 688. The van der Waals surface area contributed by atoms with E-state index in [9.17, 15) is 0 Å². The van der Waals surface area contributed by atoms with Crippen molar-refractivity contribution in [2.24, 2.45) is 0 Å². The van der Waals surface area contributed by atoms with E-state index in [4.69, 9.17) is 0 Å². The van der Waals surface area contributed by atoms with Gasteiger partial charge in [-0.15, -0.1) is 0 Å². The Hall–Kier alpha value is 0.0500. The van der Waals surface area contributed by atoms with Gasteiger partial charge in [-0.1, -0.05) is 90.8 Å². The van der Waals surface area contributed by atoms with Gasteiger partial charge in [0.1, 0.15) is 0 Å². The molecule has 5 heteroatoms. The van der Waals surface area contributed by atoms with Gasteiger partial charge in [-0.25, -0.2) is 0 Å². The molecule has 2 aliphatic rings. The SMILES string of the molecule is Brc1ccccc1CNC1CC1.CI.CN(Cc1ccccc1Br)C1CC1. The largest absolute Gasteiger partial charge is 0.310 e. The summed E-state index contributed by atoms with van der Waals surface area (Å²) in [5.74, 6) is 0. The second-order valence-electron chi connectivity index (χ2n) is 6.98. The van der Waals surface area contributed by atoms with Crippen molar-refractivity contribution in [2.45, 2.75) is 50.9 Å². The normalized spacial score (nSPS) is 15.5. The number of rotatable bonds is 6. The van der Waals surface area contributed by atoms with Crippen LogP contribution in [0, 0.1) is 0 Å². The molecular formula is C22H29Br2IN2. The number of nitrogens with zero attached hydrogens (tertiary/aromatic N) is 1. The second kappa shape index (κ2) is 12.6. The molecule has 27 heavy (non-hydrogen) atoms. The molecule has 2 aromatic carbocycles. The first kappa shape index (κ1) is 23.3. The van der Waals surface area contributed by atoms with Gasteiger partial charge in [0.05, 0.1) is 0 Å². The van der Waals surface area contributed by atoms with Crippen LogP contribution in [0.2, 0.25) is 0 Å². The number of nitrogens with one attached hydrogen (secondary N) is 1. The average molecular weight is 608 g/mol. The summed E-state index contributed by atoms with van der Waals surface area (Å²) in [5, 5.41) is 3.48. The van der Waals surface area contributed by atoms with E-state index in [1.807, 2.05) is 11.0 Å². The minimum Gasteiger partial charge on any atom is -0.310 e. The molecule has 0 aliphatic heterocycles. The first-order valence-corrected chi connectivity index (χ1v) is 13.2. The maximum Gasteiger partial charge on any atom is 0.0244 e. The van der Waals surface area contributed by atoms with E-state index in [1.165, 1.54) is 45.8 Å². The van der Waals surface area contributed by atoms with Crippen molar-refractivity contribution in [3.63, 3.8) is 0 Å². The Labute approximate surface area is 194 Å². The molecule has 0 heterocycles. The molecule has 0 aromatic heterocycles. The Balaban J connectivity index is 0.000000178. The van der Waals surface area contributed by atoms with Gasteiger partial charge in [0, 0.05) is 34.1 Å². The molecular weight excluding hydrogens is 579 g/mol. The fourth-order valence-electron chi connectivity index (χ4n) is 2.72. The molecule has 0 spiro atoms. The van der Waals surface area contributed by atoms with Crippen LogP contribution in [0.4, 0.5) is 0 Å². The summed E-state index contributed by atoms with van der Waals surface area (Å²) in [4.78, 5) is 4.40. The van der Waals surface area contributed by atoms with Crippen LogP contribution in [0.15, 0.2) is 57.5 Å². The quantitative estimate of drug-likeness (QED) is 0.287. The van der Waals surface area contributed by atoms with Crippen LogP contribution in [-0.2, 0) is 13.1 Å². The van der Waals surface area contributed by atoms with E-state index in [0.29, 0.717) is 0 Å². The van der Waals surface area contributed by atoms with Crippen LogP contribution in [0.3, 0.4) is 0 Å². The van der Waals surface area contributed by atoms with E-state index in [-0.39, 0.29) is 0 Å². The second-order valence-corrected chi connectivity index (χ2v) is 8.69. The van der Waals surface area contributed by atoms with Crippen molar-refractivity contribution in [1.82, 2.24) is 10.2 Å². The fourth-order valence-corrected chi connectivity index (χ4v) is 3.56. The van der Waals surface area contributed by atoms with Crippen molar-refractivity contribution in [2.75, 3.05) is 12.0 Å². The number of halogens is 3. The topological polar surface area (TPSA) is 15.3 Å². The van der Waals surface area contributed by atoms with Crippen molar-refractivity contribution in [3.8, 4) is 0 Å². The first-order valence-electron chi connectivity index (χ1n) is 9.41.